The second kappa shape index (κ2) is 9.57. The van der Waals surface area contributed by atoms with Gasteiger partial charge in [0, 0.05) is 38.5 Å². The number of rotatable bonds is 8. The van der Waals surface area contributed by atoms with E-state index in [0.29, 0.717) is 25.6 Å². The molecular formula is C20H31N3O3. The lowest BCUT2D eigenvalue weighted by Crippen LogP contribution is -2.41. The molecule has 1 aliphatic rings. The number of amides is 2. The summed E-state index contributed by atoms with van der Waals surface area (Å²) in [6.07, 6.45) is 2.59. The van der Waals surface area contributed by atoms with Gasteiger partial charge in [0.25, 0.3) is 0 Å². The Labute approximate surface area is 156 Å². The molecular weight excluding hydrogens is 330 g/mol. The molecule has 2 rings (SSSR count). The molecule has 0 aromatic heterocycles. The minimum absolute atomic E-state index is 0.0109. The summed E-state index contributed by atoms with van der Waals surface area (Å²) in [5.74, 6) is 0.864. The molecule has 26 heavy (non-hydrogen) atoms. The van der Waals surface area contributed by atoms with E-state index in [1.807, 2.05) is 45.2 Å². The first-order valence-electron chi connectivity index (χ1n) is 9.33. The van der Waals surface area contributed by atoms with Crippen LogP contribution in [0.15, 0.2) is 24.3 Å². The van der Waals surface area contributed by atoms with Crippen molar-refractivity contribution in [1.82, 2.24) is 15.5 Å². The number of likely N-dealkylation sites (tertiary alicyclic amines) is 1. The van der Waals surface area contributed by atoms with Crippen LogP contribution in [0.1, 0.15) is 45.6 Å². The summed E-state index contributed by atoms with van der Waals surface area (Å²) in [6.45, 7) is 6.66. The molecule has 2 atom stereocenters. The molecule has 1 saturated heterocycles. The number of nitrogens with zero attached hydrogens (tertiary/aromatic N) is 1. The molecule has 0 radical (unpaired) electrons. The average molecular weight is 361 g/mol. The summed E-state index contributed by atoms with van der Waals surface area (Å²) in [5.41, 5.74) is 1.03. The number of carbonyl (C=O) groups excluding carboxylic acids is 2. The fourth-order valence-electron chi connectivity index (χ4n) is 3.33. The summed E-state index contributed by atoms with van der Waals surface area (Å²) < 4.78 is 5.69. The van der Waals surface area contributed by atoms with Crippen LogP contribution in [0.3, 0.4) is 0 Å². The van der Waals surface area contributed by atoms with E-state index in [9.17, 15) is 9.59 Å². The SMILES string of the molecule is CC(=O)NC[C@H]1CC[C@@H](CC(=O)NCc2cccc(OC(C)C)c2)N1C. The van der Waals surface area contributed by atoms with Crippen molar-refractivity contribution in [3.8, 4) is 5.75 Å². The zero-order valence-corrected chi connectivity index (χ0v) is 16.2. The van der Waals surface area contributed by atoms with Crippen LogP contribution in [0.25, 0.3) is 0 Å². The quantitative estimate of drug-likeness (QED) is 0.744. The number of carbonyl (C=O) groups is 2. The van der Waals surface area contributed by atoms with Crippen molar-refractivity contribution in [2.45, 2.75) is 64.8 Å². The first kappa shape index (κ1) is 20.2. The van der Waals surface area contributed by atoms with Crippen molar-refractivity contribution in [1.29, 1.82) is 0 Å². The Balaban J connectivity index is 1.78. The summed E-state index contributed by atoms with van der Waals surface area (Å²) in [7, 11) is 2.03. The van der Waals surface area contributed by atoms with Crippen LogP contribution in [0.5, 0.6) is 5.75 Å². The summed E-state index contributed by atoms with van der Waals surface area (Å²) >= 11 is 0. The summed E-state index contributed by atoms with van der Waals surface area (Å²) in [4.78, 5) is 25.6. The van der Waals surface area contributed by atoms with Gasteiger partial charge in [0.05, 0.1) is 6.10 Å². The van der Waals surface area contributed by atoms with Crippen LogP contribution in [-0.2, 0) is 16.1 Å². The number of likely N-dealkylation sites (N-methyl/N-ethyl adjacent to an activating group) is 1. The fourth-order valence-corrected chi connectivity index (χ4v) is 3.33. The van der Waals surface area contributed by atoms with Gasteiger partial charge in [0.1, 0.15) is 5.75 Å². The zero-order valence-electron chi connectivity index (χ0n) is 16.2. The molecule has 1 aromatic rings. The van der Waals surface area contributed by atoms with Crippen LogP contribution in [0.2, 0.25) is 0 Å². The number of ether oxygens (including phenoxy) is 1. The normalized spacial score (nSPS) is 20.2. The fraction of sp³-hybridized carbons (Fsp3) is 0.600. The molecule has 144 valence electrons. The van der Waals surface area contributed by atoms with Gasteiger partial charge in [-0.15, -0.1) is 0 Å². The molecule has 0 spiro atoms. The molecule has 1 aromatic carbocycles. The van der Waals surface area contributed by atoms with Crippen LogP contribution in [0, 0.1) is 0 Å². The van der Waals surface area contributed by atoms with E-state index in [1.54, 1.807) is 0 Å². The van der Waals surface area contributed by atoms with E-state index in [1.165, 1.54) is 6.92 Å². The Kier molecular flexibility index (Phi) is 7.45. The molecule has 0 bridgehead atoms. The molecule has 1 fully saturated rings. The highest BCUT2D eigenvalue weighted by atomic mass is 16.5. The van der Waals surface area contributed by atoms with Gasteiger partial charge in [0.2, 0.25) is 11.8 Å². The molecule has 6 nitrogen and oxygen atoms in total. The first-order chi connectivity index (χ1) is 12.3. The molecule has 2 N–H and O–H groups in total. The second-order valence-corrected chi connectivity index (χ2v) is 7.28. The van der Waals surface area contributed by atoms with E-state index >= 15 is 0 Å². The molecule has 2 amide bonds. The van der Waals surface area contributed by atoms with Crippen molar-refractivity contribution >= 4 is 11.8 Å². The second-order valence-electron chi connectivity index (χ2n) is 7.28. The van der Waals surface area contributed by atoms with Gasteiger partial charge in [-0.25, -0.2) is 0 Å². The van der Waals surface area contributed by atoms with E-state index in [2.05, 4.69) is 15.5 Å². The molecule has 6 heteroatoms. The summed E-state index contributed by atoms with van der Waals surface area (Å²) in [6, 6.07) is 8.35. The molecule has 0 saturated carbocycles. The topological polar surface area (TPSA) is 70.7 Å². The number of benzene rings is 1. The molecule has 0 unspecified atom stereocenters. The lowest BCUT2D eigenvalue weighted by molar-refractivity contribution is -0.122. The van der Waals surface area contributed by atoms with Gasteiger partial charge in [0.15, 0.2) is 0 Å². The Morgan fingerprint density at radius 2 is 1.96 bits per heavy atom. The molecule has 1 aliphatic heterocycles. The first-order valence-corrected chi connectivity index (χ1v) is 9.33. The Bertz CT molecular complexity index is 618. The Morgan fingerprint density at radius 3 is 2.65 bits per heavy atom. The highest BCUT2D eigenvalue weighted by Crippen LogP contribution is 2.24. The van der Waals surface area contributed by atoms with E-state index < -0.39 is 0 Å². The molecule has 1 heterocycles. The van der Waals surface area contributed by atoms with Crippen molar-refractivity contribution in [2.75, 3.05) is 13.6 Å². The van der Waals surface area contributed by atoms with Gasteiger partial charge >= 0.3 is 0 Å². The van der Waals surface area contributed by atoms with E-state index in [4.69, 9.17) is 4.74 Å². The number of nitrogens with one attached hydrogen (secondary N) is 2. The lowest BCUT2D eigenvalue weighted by Gasteiger charge is -2.25. The van der Waals surface area contributed by atoms with Gasteiger partial charge in [-0.3, -0.25) is 14.5 Å². The van der Waals surface area contributed by atoms with Gasteiger partial charge in [-0.2, -0.15) is 0 Å². The maximum absolute atomic E-state index is 12.3. The molecule has 0 aliphatic carbocycles. The van der Waals surface area contributed by atoms with E-state index in [-0.39, 0.29) is 24.0 Å². The van der Waals surface area contributed by atoms with Crippen LogP contribution < -0.4 is 15.4 Å². The van der Waals surface area contributed by atoms with Crippen LogP contribution >= 0.6 is 0 Å². The van der Waals surface area contributed by atoms with E-state index in [0.717, 1.165) is 24.2 Å². The number of hydrogen-bond donors (Lipinski definition) is 2. The monoisotopic (exact) mass is 361 g/mol. The summed E-state index contributed by atoms with van der Waals surface area (Å²) in [5, 5.41) is 5.87. The maximum Gasteiger partial charge on any atom is 0.221 e. The Hall–Kier alpha value is -2.08. The standard InChI is InChI=1S/C20H31N3O3/c1-14(2)26-19-7-5-6-16(10-19)12-22-20(25)11-17-8-9-18(23(17)4)13-21-15(3)24/h5-7,10,14,17-18H,8-9,11-13H2,1-4H3,(H,21,24)(H,22,25)/t17-,18+/m0/s1. The minimum atomic E-state index is -0.0109. The van der Waals surface area contributed by atoms with Gasteiger partial charge in [-0.1, -0.05) is 12.1 Å². The predicted octanol–water partition coefficient (Wildman–Crippen LogP) is 2.08. The third-order valence-corrected chi connectivity index (χ3v) is 4.75. The average Bonchev–Trinajstić information content (AvgIpc) is 2.91. The van der Waals surface area contributed by atoms with Crippen molar-refractivity contribution in [3.63, 3.8) is 0 Å². The lowest BCUT2D eigenvalue weighted by atomic mass is 10.1. The maximum atomic E-state index is 12.3. The largest absolute Gasteiger partial charge is 0.491 e. The third-order valence-electron chi connectivity index (χ3n) is 4.75. The smallest absolute Gasteiger partial charge is 0.221 e. The highest BCUT2D eigenvalue weighted by molar-refractivity contribution is 5.76. The van der Waals surface area contributed by atoms with Crippen LogP contribution in [0.4, 0.5) is 0 Å². The Morgan fingerprint density at radius 1 is 1.23 bits per heavy atom. The van der Waals surface area contributed by atoms with Gasteiger partial charge in [-0.05, 0) is 51.4 Å². The zero-order chi connectivity index (χ0) is 19.1. The predicted molar refractivity (Wildman–Crippen MR) is 102 cm³/mol. The third kappa shape index (κ3) is 6.33. The number of hydrogen-bond acceptors (Lipinski definition) is 4. The van der Waals surface area contributed by atoms with Crippen molar-refractivity contribution < 1.29 is 14.3 Å². The van der Waals surface area contributed by atoms with Gasteiger partial charge < -0.3 is 15.4 Å². The van der Waals surface area contributed by atoms with Crippen molar-refractivity contribution in [2.24, 2.45) is 0 Å². The minimum Gasteiger partial charge on any atom is -0.491 e. The van der Waals surface area contributed by atoms with Crippen LogP contribution in [-0.4, -0.2) is 48.5 Å². The van der Waals surface area contributed by atoms with Crippen molar-refractivity contribution in [3.05, 3.63) is 29.8 Å². The highest BCUT2D eigenvalue weighted by Gasteiger charge is 2.31.